The third-order valence-electron chi connectivity index (χ3n) is 3.85. The fourth-order valence-electron chi connectivity index (χ4n) is 2.88. The minimum atomic E-state index is -0.539. The Morgan fingerprint density at radius 2 is 2.00 bits per heavy atom. The first-order chi connectivity index (χ1) is 8.66. The zero-order valence-electron chi connectivity index (χ0n) is 9.83. The van der Waals surface area contributed by atoms with E-state index in [1.54, 1.807) is 11.0 Å². The molecular formula is C13H14ClFN2O. The van der Waals surface area contributed by atoms with E-state index in [0.29, 0.717) is 24.9 Å². The van der Waals surface area contributed by atoms with Gasteiger partial charge in [-0.05, 0) is 24.0 Å². The molecule has 0 saturated carbocycles. The minimum Gasteiger partial charge on any atom is -0.338 e. The predicted molar refractivity (Wildman–Crippen MR) is 67.2 cm³/mol. The Bertz CT molecular complexity index is 462. The molecule has 2 aliphatic heterocycles. The van der Waals surface area contributed by atoms with Crippen LogP contribution in [0.5, 0.6) is 0 Å². The molecule has 0 unspecified atom stereocenters. The van der Waals surface area contributed by atoms with Gasteiger partial charge in [-0.3, -0.25) is 4.79 Å². The molecule has 2 aliphatic rings. The summed E-state index contributed by atoms with van der Waals surface area (Å²) in [5, 5.41) is 3.50. The maximum Gasteiger partial charge on any atom is 0.258 e. The molecule has 5 heteroatoms. The molecule has 0 aliphatic carbocycles. The summed E-state index contributed by atoms with van der Waals surface area (Å²) in [6, 6.07) is 4.34. The van der Waals surface area contributed by atoms with Crippen LogP contribution >= 0.6 is 11.6 Å². The molecule has 2 saturated heterocycles. The fourth-order valence-corrected chi connectivity index (χ4v) is 3.13. The lowest BCUT2D eigenvalue weighted by Gasteiger charge is -2.18. The van der Waals surface area contributed by atoms with Gasteiger partial charge in [0.15, 0.2) is 0 Å². The average molecular weight is 269 g/mol. The monoisotopic (exact) mass is 268 g/mol. The maximum atomic E-state index is 13.7. The molecule has 3 nitrogen and oxygen atoms in total. The van der Waals surface area contributed by atoms with E-state index in [-0.39, 0.29) is 16.5 Å². The third-order valence-corrected chi connectivity index (χ3v) is 4.17. The summed E-state index contributed by atoms with van der Waals surface area (Å²) in [5.74, 6) is 0.175. The second kappa shape index (κ2) is 4.52. The van der Waals surface area contributed by atoms with E-state index >= 15 is 0 Å². The molecule has 0 spiro atoms. The largest absolute Gasteiger partial charge is 0.338 e. The number of nitrogens with one attached hydrogen (secondary N) is 1. The first-order valence-electron chi connectivity index (χ1n) is 6.11. The minimum absolute atomic E-state index is 0.00657. The Balaban J connectivity index is 1.83. The van der Waals surface area contributed by atoms with Crippen LogP contribution in [-0.2, 0) is 0 Å². The molecule has 0 aromatic heterocycles. The highest BCUT2D eigenvalue weighted by Gasteiger charge is 2.39. The number of amides is 1. The smallest absolute Gasteiger partial charge is 0.258 e. The third kappa shape index (κ3) is 1.89. The normalized spacial score (nSPS) is 26.4. The van der Waals surface area contributed by atoms with Gasteiger partial charge in [-0.1, -0.05) is 17.7 Å². The highest BCUT2D eigenvalue weighted by molar-refractivity contribution is 6.33. The number of benzene rings is 1. The molecule has 1 N–H and O–H groups in total. The van der Waals surface area contributed by atoms with E-state index in [1.165, 1.54) is 12.1 Å². The molecule has 1 aromatic rings. The van der Waals surface area contributed by atoms with Gasteiger partial charge in [0.25, 0.3) is 5.91 Å². The van der Waals surface area contributed by atoms with E-state index in [0.717, 1.165) is 13.1 Å². The molecule has 3 rings (SSSR count). The van der Waals surface area contributed by atoms with E-state index in [4.69, 9.17) is 11.6 Å². The van der Waals surface area contributed by atoms with Gasteiger partial charge in [0, 0.05) is 26.2 Å². The van der Waals surface area contributed by atoms with Crippen molar-refractivity contribution < 1.29 is 9.18 Å². The van der Waals surface area contributed by atoms with Crippen molar-refractivity contribution in [1.82, 2.24) is 10.2 Å². The molecule has 1 amide bonds. The van der Waals surface area contributed by atoms with Crippen LogP contribution in [0.25, 0.3) is 0 Å². The van der Waals surface area contributed by atoms with Gasteiger partial charge < -0.3 is 10.2 Å². The van der Waals surface area contributed by atoms with Crippen molar-refractivity contribution in [1.29, 1.82) is 0 Å². The quantitative estimate of drug-likeness (QED) is 0.842. The molecule has 2 atom stereocenters. The number of hydrogen-bond acceptors (Lipinski definition) is 2. The molecule has 1 aromatic carbocycles. The van der Waals surface area contributed by atoms with Gasteiger partial charge in [0.1, 0.15) is 5.82 Å². The first kappa shape index (κ1) is 11.9. The molecule has 2 heterocycles. The number of carbonyl (C=O) groups is 1. The highest BCUT2D eigenvalue weighted by atomic mass is 35.5. The number of hydrogen-bond donors (Lipinski definition) is 1. The molecule has 2 fully saturated rings. The van der Waals surface area contributed by atoms with Gasteiger partial charge in [-0.2, -0.15) is 0 Å². The second-order valence-electron chi connectivity index (χ2n) is 4.99. The topological polar surface area (TPSA) is 32.3 Å². The standard InChI is InChI=1S/C13H14ClFN2O/c14-10-2-1-3-11(15)12(10)13(18)17-6-8-4-16-5-9(8)7-17/h1-3,8-9,16H,4-7H2/t8-,9+. The summed E-state index contributed by atoms with van der Waals surface area (Å²) in [6.07, 6.45) is 0. The average Bonchev–Trinajstić information content (AvgIpc) is 2.88. The van der Waals surface area contributed by atoms with E-state index in [2.05, 4.69) is 5.32 Å². The summed E-state index contributed by atoms with van der Waals surface area (Å²) < 4.78 is 13.7. The zero-order valence-corrected chi connectivity index (χ0v) is 10.6. The summed E-state index contributed by atoms with van der Waals surface area (Å²) in [7, 11) is 0. The van der Waals surface area contributed by atoms with Crippen molar-refractivity contribution >= 4 is 17.5 Å². The highest BCUT2D eigenvalue weighted by Crippen LogP contribution is 2.29. The van der Waals surface area contributed by atoms with Gasteiger partial charge in [0.2, 0.25) is 0 Å². The SMILES string of the molecule is O=C(c1c(F)cccc1Cl)N1C[C@H]2CNC[C@H]2C1. The molecule has 96 valence electrons. The van der Waals surface area contributed by atoms with Crippen LogP contribution in [0.4, 0.5) is 4.39 Å². The number of rotatable bonds is 1. The fraction of sp³-hybridized carbons (Fsp3) is 0.462. The Kier molecular flexibility index (Phi) is 2.99. The lowest BCUT2D eigenvalue weighted by molar-refractivity contribution is 0.0777. The first-order valence-corrected chi connectivity index (χ1v) is 6.48. The van der Waals surface area contributed by atoms with Crippen LogP contribution in [-0.4, -0.2) is 37.0 Å². The molecule has 0 radical (unpaired) electrons. The number of likely N-dealkylation sites (tertiary alicyclic amines) is 1. The van der Waals surface area contributed by atoms with Gasteiger partial charge in [-0.25, -0.2) is 4.39 Å². The Morgan fingerprint density at radius 3 is 2.61 bits per heavy atom. The van der Waals surface area contributed by atoms with Crippen LogP contribution in [0.2, 0.25) is 5.02 Å². The van der Waals surface area contributed by atoms with Gasteiger partial charge in [-0.15, -0.1) is 0 Å². The summed E-state index contributed by atoms with van der Waals surface area (Å²) in [6.45, 7) is 3.28. The van der Waals surface area contributed by atoms with Crippen LogP contribution in [0, 0.1) is 17.7 Å². The molecule has 0 bridgehead atoms. The number of halogens is 2. The van der Waals surface area contributed by atoms with Gasteiger partial charge in [0.05, 0.1) is 10.6 Å². The molecule has 18 heavy (non-hydrogen) atoms. The van der Waals surface area contributed by atoms with Crippen molar-refractivity contribution in [2.45, 2.75) is 0 Å². The van der Waals surface area contributed by atoms with E-state index in [1.807, 2.05) is 0 Å². The van der Waals surface area contributed by atoms with E-state index in [9.17, 15) is 9.18 Å². The van der Waals surface area contributed by atoms with E-state index < -0.39 is 5.82 Å². The van der Waals surface area contributed by atoms with Gasteiger partial charge >= 0.3 is 0 Å². The van der Waals surface area contributed by atoms with Crippen molar-refractivity contribution in [3.63, 3.8) is 0 Å². The summed E-state index contributed by atoms with van der Waals surface area (Å²) >= 11 is 5.92. The van der Waals surface area contributed by atoms with Crippen molar-refractivity contribution in [2.24, 2.45) is 11.8 Å². The van der Waals surface area contributed by atoms with Crippen LogP contribution in [0.1, 0.15) is 10.4 Å². The van der Waals surface area contributed by atoms with Crippen LogP contribution in [0.3, 0.4) is 0 Å². The summed E-state index contributed by atoms with van der Waals surface area (Å²) in [5.41, 5.74) is 0.00657. The number of carbonyl (C=O) groups excluding carboxylic acids is 1. The van der Waals surface area contributed by atoms with Crippen LogP contribution in [0.15, 0.2) is 18.2 Å². The lowest BCUT2D eigenvalue weighted by atomic mass is 10.0. The Hall–Kier alpha value is -1.13. The Labute approximate surface area is 110 Å². The zero-order chi connectivity index (χ0) is 12.7. The summed E-state index contributed by atoms with van der Waals surface area (Å²) in [4.78, 5) is 14.0. The van der Waals surface area contributed by atoms with Crippen molar-refractivity contribution in [3.05, 3.63) is 34.6 Å². The van der Waals surface area contributed by atoms with Crippen molar-refractivity contribution in [3.8, 4) is 0 Å². The lowest BCUT2D eigenvalue weighted by Crippen LogP contribution is -2.32. The number of nitrogens with zero attached hydrogens (tertiary/aromatic N) is 1. The van der Waals surface area contributed by atoms with Crippen LogP contribution < -0.4 is 5.32 Å². The maximum absolute atomic E-state index is 13.7. The Morgan fingerprint density at radius 1 is 1.33 bits per heavy atom. The van der Waals surface area contributed by atoms with Crippen molar-refractivity contribution in [2.75, 3.05) is 26.2 Å². The molecular weight excluding hydrogens is 255 g/mol. The predicted octanol–water partition coefficient (Wildman–Crippen LogP) is 1.77. The number of fused-ring (bicyclic) bond motifs is 1. The second-order valence-corrected chi connectivity index (χ2v) is 5.39.